The fourth-order valence-electron chi connectivity index (χ4n) is 2.41. The molecule has 1 aromatic heterocycles. The molecule has 0 bridgehead atoms. The molecule has 2 nitrogen and oxygen atoms in total. The number of halogens is 1. The molecule has 1 unspecified atom stereocenters. The fraction of sp³-hybridized carbons (Fsp3) is 0.312. The molecule has 100 valence electrons. The van der Waals surface area contributed by atoms with Crippen molar-refractivity contribution < 1.29 is 0 Å². The Labute approximate surface area is 123 Å². The van der Waals surface area contributed by atoms with E-state index >= 15 is 0 Å². The molecule has 0 amide bonds. The van der Waals surface area contributed by atoms with Crippen molar-refractivity contribution in [2.45, 2.75) is 26.3 Å². The Balaban J connectivity index is 2.26. The first-order chi connectivity index (χ1) is 9.10. The monoisotopic (exact) mass is 318 g/mol. The van der Waals surface area contributed by atoms with Crippen molar-refractivity contribution in [2.75, 3.05) is 7.05 Å². The van der Waals surface area contributed by atoms with Crippen molar-refractivity contribution in [3.63, 3.8) is 0 Å². The van der Waals surface area contributed by atoms with Crippen LogP contribution in [-0.4, -0.2) is 12.0 Å². The Kier molecular flexibility index (Phi) is 4.72. The van der Waals surface area contributed by atoms with Crippen LogP contribution < -0.4 is 5.32 Å². The van der Waals surface area contributed by atoms with E-state index in [1.165, 1.54) is 16.7 Å². The summed E-state index contributed by atoms with van der Waals surface area (Å²) in [4.78, 5) is 4.48. The van der Waals surface area contributed by atoms with Gasteiger partial charge in [-0.05, 0) is 60.9 Å². The van der Waals surface area contributed by atoms with Gasteiger partial charge in [-0.3, -0.25) is 4.98 Å². The first-order valence-electron chi connectivity index (χ1n) is 6.45. The molecule has 0 fully saturated rings. The molecule has 0 radical (unpaired) electrons. The third kappa shape index (κ3) is 3.64. The van der Waals surface area contributed by atoms with Crippen LogP contribution in [0.4, 0.5) is 0 Å². The van der Waals surface area contributed by atoms with Crippen molar-refractivity contribution >= 4 is 15.9 Å². The first kappa shape index (κ1) is 14.2. The number of aryl methyl sites for hydroxylation is 2. The minimum atomic E-state index is 0.219. The highest BCUT2D eigenvalue weighted by Gasteiger charge is 2.14. The number of rotatable bonds is 4. The highest BCUT2D eigenvalue weighted by Crippen LogP contribution is 2.24. The molecule has 2 aromatic rings. The van der Waals surface area contributed by atoms with Gasteiger partial charge in [0, 0.05) is 10.7 Å². The lowest BCUT2D eigenvalue weighted by atomic mass is 9.99. The minimum absolute atomic E-state index is 0.219. The lowest BCUT2D eigenvalue weighted by molar-refractivity contribution is 0.573. The van der Waals surface area contributed by atoms with E-state index < -0.39 is 0 Å². The number of nitrogens with one attached hydrogen (secondary N) is 1. The Morgan fingerprint density at radius 3 is 2.47 bits per heavy atom. The number of hydrogen-bond acceptors (Lipinski definition) is 2. The SMILES string of the molecule is CNC(Cc1cc(C)cc(C)c1)c1ncccc1Br. The third-order valence-electron chi connectivity index (χ3n) is 3.19. The number of aromatic nitrogens is 1. The second kappa shape index (κ2) is 6.31. The van der Waals surface area contributed by atoms with Crippen LogP contribution in [0, 0.1) is 13.8 Å². The van der Waals surface area contributed by atoms with Gasteiger partial charge in [-0.1, -0.05) is 29.3 Å². The summed E-state index contributed by atoms with van der Waals surface area (Å²) in [6.07, 6.45) is 2.78. The van der Waals surface area contributed by atoms with E-state index in [9.17, 15) is 0 Å². The van der Waals surface area contributed by atoms with Gasteiger partial charge in [0.05, 0.1) is 11.7 Å². The zero-order chi connectivity index (χ0) is 13.8. The lowest BCUT2D eigenvalue weighted by Gasteiger charge is -2.17. The van der Waals surface area contributed by atoms with Crippen molar-refractivity contribution in [3.8, 4) is 0 Å². The van der Waals surface area contributed by atoms with Crippen LogP contribution in [0.5, 0.6) is 0 Å². The molecule has 0 aliphatic heterocycles. The summed E-state index contributed by atoms with van der Waals surface area (Å²) in [5.74, 6) is 0. The van der Waals surface area contributed by atoms with Gasteiger partial charge in [-0.15, -0.1) is 0 Å². The molecule has 0 saturated heterocycles. The molecule has 1 atom stereocenters. The normalized spacial score (nSPS) is 12.4. The zero-order valence-electron chi connectivity index (χ0n) is 11.6. The molecule has 2 rings (SSSR count). The van der Waals surface area contributed by atoms with Crippen LogP contribution in [0.25, 0.3) is 0 Å². The topological polar surface area (TPSA) is 24.9 Å². The van der Waals surface area contributed by atoms with Crippen molar-refractivity contribution in [2.24, 2.45) is 0 Å². The van der Waals surface area contributed by atoms with Crippen LogP contribution in [0.1, 0.15) is 28.4 Å². The zero-order valence-corrected chi connectivity index (χ0v) is 13.2. The van der Waals surface area contributed by atoms with Gasteiger partial charge in [-0.25, -0.2) is 0 Å². The smallest absolute Gasteiger partial charge is 0.0718 e. The summed E-state index contributed by atoms with van der Waals surface area (Å²) in [6, 6.07) is 10.9. The second-order valence-corrected chi connectivity index (χ2v) is 5.77. The van der Waals surface area contributed by atoms with Gasteiger partial charge in [0.1, 0.15) is 0 Å². The Morgan fingerprint density at radius 2 is 1.89 bits per heavy atom. The van der Waals surface area contributed by atoms with Crippen LogP contribution in [0.3, 0.4) is 0 Å². The Morgan fingerprint density at radius 1 is 1.21 bits per heavy atom. The molecule has 1 N–H and O–H groups in total. The van der Waals surface area contributed by atoms with Gasteiger partial charge < -0.3 is 5.32 Å². The Hall–Kier alpha value is -1.19. The lowest BCUT2D eigenvalue weighted by Crippen LogP contribution is -2.20. The molecule has 3 heteroatoms. The van der Waals surface area contributed by atoms with Crippen molar-refractivity contribution in [1.29, 1.82) is 0 Å². The van der Waals surface area contributed by atoms with Gasteiger partial charge in [0.25, 0.3) is 0 Å². The summed E-state index contributed by atoms with van der Waals surface area (Å²) in [5, 5.41) is 3.35. The molecule has 0 aliphatic carbocycles. The molecule has 1 heterocycles. The predicted octanol–water partition coefficient (Wildman–Crippen LogP) is 3.96. The maximum absolute atomic E-state index is 4.48. The summed E-state index contributed by atoms with van der Waals surface area (Å²) >= 11 is 3.58. The van der Waals surface area contributed by atoms with E-state index in [0.717, 1.165) is 16.6 Å². The molecular formula is C16H19BrN2. The molecule has 0 spiro atoms. The van der Waals surface area contributed by atoms with Gasteiger partial charge >= 0.3 is 0 Å². The quantitative estimate of drug-likeness (QED) is 0.922. The largest absolute Gasteiger partial charge is 0.311 e. The second-order valence-electron chi connectivity index (χ2n) is 4.91. The van der Waals surface area contributed by atoms with Gasteiger partial charge in [-0.2, -0.15) is 0 Å². The Bertz CT molecular complexity index is 546. The maximum atomic E-state index is 4.48. The molecule has 19 heavy (non-hydrogen) atoms. The van der Waals surface area contributed by atoms with Crippen LogP contribution in [0.2, 0.25) is 0 Å². The first-order valence-corrected chi connectivity index (χ1v) is 7.24. The number of likely N-dealkylation sites (N-methyl/N-ethyl adjacent to an activating group) is 1. The predicted molar refractivity (Wildman–Crippen MR) is 83.4 cm³/mol. The summed E-state index contributed by atoms with van der Waals surface area (Å²) in [7, 11) is 1.98. The minimum Gasteiger partial charge on any atom is -0.311 e. The molecule has 0 saturated carbocycles. The van der Waals surface area contributed by atoms with Crippen LogP contribution >= 0.6 is 15.9 Å². The van der Waals surface area contributed by atoms with Crippen molar-refractivity contribution in [3.05, 3.63) is 63.4 Å². The fourth-order valence-corrected chi connectivity index (χ4v) is 2.94. The number of hydrogen-bond donors (Lipinski definition) is 1. The van der Waals surface area contributed by atoms with E-state index in [-0.39, 0.29) is 6.04 Å². The number of benzene rings is 1. The maximum Gasteiger partial charge on any atom is 0.0718 e. The summed E-state index contributed by atoms with van der Waals surface area (Å²) in [6.45, 7) is 4.28. The summed E-state index contributed by atoms with van der Waals surface area (Å²) < 4.78 is 1.05. The summed E-state index contributed by atoms with van der Waals surface area (Å²) in [5.41, 5.74) is 5.02. The highest BCUT2D eigenvalue weighted by molar-refractivity contribution is 9.10. The molecular weight excluding hydrogens is 300 g/mol. The van der Waals surface area contributed by atoms with E-state index in [1.807, 2.05) is 25.4 Å². The van der Waals surface area contributed by atoms with E-state index in [1.54, 1.807) is 0 Å². The average Bonchev–Trinajstić information content (AvgIpc) is 2.36. The molecule has 1 aromatic carbocycles. The van der Waals surface area contributed by atoms with Gasteiger partial charge in [0.2, 0.25) is 0 Å². The standard InChI is InChI=1S/C16H19BrN2/c1-11-7-12(2)9-13(8-11)10-15(18-3)16-14(17)5-4-6-19-16/h4-9,15,18H,10H2,1-3H3. The third-order valence-corrected chi connectivity index (χ3v) is 3.86. The van der Waals surface area contributed by atoms with E-state index in [4.69, 9.17) is 0 Å². The van der Waals surface area contributed by atoms with E-state index in [0.29, 0.717) is 0 Å². The number of pyridine rings is 1. The molecule has 0 aliphatic rings. The van der Waals surface area contributed by atoms with E-state index in [2.05, 4.69) is 58.3 Å². The van der Waals surface area contributed by atoms with Crippen LogP contribution in [0.15, 0.2) is 41.0 Å². The van der Waals surface area contributed by atoms with Crippen LogP contribution in [-0.2, 0) is 6.42 Å². The number of nitrogens with zero attached hydrogens (tertiary/aromatic N) is 1. The average molecular weight is 319 g/mol. The highest BCUT2D eigenvalue weighted by atomic mass is 79.9. The van der Waals surface area contributed by atoms with Crippen molar-refractivity contribution in [1.82, 2.24) is 10.3 Å². The van der Waals surface area contributed by atoms with Gasteiger partial charge in [0.15, 0.2) is 0 Å².